The molecule has 1 saturated heterocycles. The fourth-order valence-electron chi connectivity index (χ4n) is 2.68. The van der Waals surface area contributed by atoms with Crippen LogP contribution >= 0.6 is 0 Å². The number of nitrogens with one attached hydrogen (secondary N) is 1. The summed E-state index contributed by atoms with van der Waals surface area (Å²) < 4.78 is 13.1. The normalized spacial score (nSPS) is 16.4. The second-order valence-electron chi connectivity index (χ2n) is 5.10. The molecular formula is C15H20FN3. The van der Waals surface area contributed by atoms with Gasteiger partial charge in [-0.15, -0.1) is 0 Å². The Balaban J connectivity index is 2.00. The van der Waals surface area contributed by atoms with Gasteiger partial charge in [-0.3, -0.25) is 0 Å². The highest BCUT2D eigenvalue weighted by Gasteiger charge is 2.20. The van der Waals surface area contributed by atoms with Crippen LogP contribution in [0.15, 0.2) is 18.2 Å². The number of nitrogens with zero attached hydrogens (tertiary/aromatic N) is 2. The van der Waals surface area contributed by atoms with Gasteiger partial charge < -0.3 is 10.2 Å². The monoisotopic (exact) mass is 261 g/mol. The van der Waals surface area contributed by atoms with Gasteiger partial charge in [0.05, 0.1) is 11.3 Å². The molecule has 0 unspecified atom stereocenters. The van der Waals surface area contributed by atoms with Gasteiger partial charge in [-0.1, -0.05) is 0 Å². The number of hydrogen-bond donors (Lipinski definition) is 1. The molecule has 19 heavy (non-hydrogen) atoms. The lowest BCUT2D eigenvalue weighted by molar-refractivity contribution is 0.378. The van der Waals surface area contributed by atoms with E-state index >= 15 is 0 Å². The second kappa shape index (κ2) is 6.53. The zero-order valence-electron chi connectivity index (χ0n) is 11.3. The third kappa shape index (κ3) is 3.45. The minimum atomic E-state index is -0.343. The maximum Gasteiger partial charge on any atom is 0.124 e. The van der Waals surface area contributed by atoms with Crippen LogP contribution in [0.1, 0.15) is 24.8 Å². The van der Waals surface area contributed by atoms with Crippen LogP contribution in [0.25, 0.3) is 0 Å². The van der Waals surface area contributed by atoms with Crippen LogP contribution in [-0.2, 0) is 0 Å². The Morgan fingerprint density at radius 2 is 2.16 bits per heavy atom. The minimum Gasteiger partial charge on any atom is -0.370 e. The topological polar surface area (TPSA) is 39.1 Å². The molecule has 1 N–H and O–H groups in total. The molecule has 1 heterocycles. The Morgan fingerprint density at radius 1 is 1.42 bits per heavy atom. The summed E-state index contributed by atoms with van der Waals surface area (Å²) >= 11 is 0. The average molecular weight is 261 g/mol. The third-order valence-corrected chi connectivity index (χ3v) is 3.84. The maximum absolute atomic E-state index is 13.1. The molecule has 0 aromatic heterocycles. The van der Waals surface area contributed by atoms with Crippen molar-refractivity contribution in [3.05, 3.63) is 29.6 Å². The van der Waals surface area contributed by atoms with Crippen molar-refractivity contribution in [2.24, 2.45) is 5.92 Å². The predicted octanol–water partition coefficient (Wildman–Crippen LogP) is 2.52. The van der Waals surface area contributed by atoms with Crippen molar-refractivity contribution >= 4 is 5.69 Å². The zero-order valence-corrected chi connectivity index (χ0v) is 11.3. The molecular weight excluding hydrogens is 241 g/mol. The van der Waals surface area contributed by atoms with Crippen molar-refractivity contribution in [1.29, 1.82) is 5.26 Å². The molecule has 1 aromatic carbocycles. The van der Waals surface area contributed by atoms with E-state index in [1.54, 1.807) is 6.07 Å². The van der Waals surface area contributed by atoms with Gasteiger partial charge in [0.15, 0.2) is 0 Å². The first kappa shape index (κ1) is 13.8. The number of anilines is 1. The van der Waals surface area contributed by atoms with E-state index in [0.717, 1.165) is 44.1 Å². The fourth-order valence-corrected chi connectivity index (χ4v) is 2.68. The fraction of sp³-hybridized carbons (Fsp3) is 0.533. The van der Waals surface area contributed by atoms with E-state index in [2.05, 4.69) is 16.3 Å². The molecule has 3 nitrogen and oxygen atoms in total. The van der Waals surface area contributed by atoms with Crippen LogP contribution in [-0.4, -0.2) is 26.7 Å². The second-order valence-corrected chi connectivity index (χ2v) is 5.10. The van der Waals surface area contributed by atoms with Crippen LogP contribution in [0.5, 0.6) is 0 Å². The largest absolute Gasteiger partial charge is 0.370 e. The summed E-state index contributed by atoms with van der Waals surface area (Å²) in [5.74, 6) is 0.416. The molecule has 0 radical (unpaired) electrons. The summed E-state index contributed by atoms with van der Waals surface area (Å²) in [5.41, 5.74) is 1.31. The molecule has 0 saturated carbocycles. The number of halogens is 1. The predicted molar refractivity (Wildman–Crippen MR) is 74.6 cm³/mol. The Bertz CT molecular complexity index is 459. The van der Waals surface area contributed by atoms with Gasteiger partial charge in [-0.05, 0) is 57.0 Å². The van der Waals surface area contributed by atoms with Crippen molar-refractivity contribution in [3.8, 4) is 6.07 Å². The van der Waals surface area contributed by atoms with Crippen molar-refractivity contribution in [1.82, 2.24) is 5.32 Å². The van der Waals surface area contributed by atoms with Crippen molar-refractivity contribution in [2.75, 3.05) is 31.6 Å². The van der Waals surface area contributed by atoms with E-state index in [-0.39, 0.29) is 5.82 Å². The summed E-state index contributed by atoms with van der Waals surface area (Å²) in [5, 5.41) is 12.3. The summed E-state index contributed by atoms with van der Waals surface area (Å²) in [6.07, 6.45) is 3.49. The smallest absolute Gasteiger partial charge is 0.124 e. The van der Waals surface area contributed by atoms with Gasteiger partial charge in [0.2, 0.25) is 0 Å². The standard InChI is InChI=1S/C15H20FN3/c1-18-7-4-12-5-8-19(9-6-12)15-3-2-14(16)10-13(15)11-17/h2-3,10,12,18H,4-9H2,1H3. The summed E-state index contributed by atoms with van der Waals surface area (Å²) in [6, 6.07) is 6.57. The molecule has 1 aliphatic heterocycles. The van der Waals surface area contributed by atoms with E-state index in [9.17, 15) is 4.39 Å². The van der Waals surface area contributed by atoms with E-state index in [4.69, 9.17) is 5.26 Å². The van der Waals surface area contributed by atoms with Gasteiger partial charge in [0.25, 0.3) is 0 Å². The molecule has 1 fully saturated rings. The van der Waals surface area contributed by atoms with E-state index in [1.165, 1.54) is 18.6 Å². The lowest BCUT2D eigenvalue weighted by atomic mass is 9.93. The van der Waals surface area contributed by atoms with E-state index in [0.29, 0.717) is 5.56 Å². The number of rotatable bonds is 4. The summed E-state index contributed by atoms with van der Waals surface area (Å²) in [7, 11) is 1.98. The molecule has 0 spiro atoms. The summed E-state index contributed by atoms with van der Waals surface area (Å²) in [4.78, 5) is 2.20. The Kier molecular flexibility index (Phi) is 4.75. The SMILES string of the molecule is CNCCC1CCN(c2ccc(F)cc2C#N)CC1. The molecule has 1 aliphatic rings. The van der Waals surface area contributed by atoms with Crippen LogP contribution in [0.3, 0.4) is 0 Å². The van der Waals surface area contributed by atoms with Gasteiger partial charge in [-0.25, -0.2) is 4.39 Å². The first-order chi connectivity index (χ1) is 9.24. The van der Waals surface area contributed by atoms with Gasteiger partial charge in [0.1, 0.15) is 11.9 Å². The highest BCUT2D eigenvalue weighted by molar-refractivity contribution is 5.59. The number of benzene rings is 1. The minimum absolute atomic E-state index is 0.343. The lowest BCUT2D eigenvalue weighted by Crippen LogP contribution is -2.34. The van der Waals surface area contributed by atoms with Crippen LogP contribution in [0.2, 0.25) is 0 Å². The summed E-state index contributed by atoms with van der Waals surface area (Å²) in [6.45, 7) is 2.97. The number of piperidine rings is 1. The van der Waals surface area contributed by atoms with E-state index in [1.807, 2.05) is 7.05 Å². The first-order valence-corrected chi connectivity index (χ1v) is 6.83. The quantitative estimate of drug-likeness (QED) is 0.905. The molecule has 102 valence electrons. The Labute approximate surface area is 114 Å². The molecule has 0 atom stereocenters. The molecule has 0 bridgehead atoms. The third-order valence-electron chi connectivity index (χ3n) is 3.84. The molecule has 4 heteroatoms. The van der Waals surface area contributed by atoms with Crippen LogP contribution in [0, 0.1) is 23.1 Å². The zero-order chi connectivity index (χ0) is 13.7. The first-order valence-electron chi connectivity index (χ1n) is 6.83. The molecule has 1 aromatic rings. The number of nitriles is 1. The van der Waals surface area contributed by atoms with Crippen LogP contribution < -0.4 is 10.2 Å². The molecule has 2 rings (SSSR count). The van der Waals surface area contributed by atoms with Gasteiger partial charge in [-0.2, -0.15) is 5.26 Å². The lowest BCUT2D eigenvalue weighted by Gasteiger charge is -2.34. The van der Waals surface area contributed by atoms with Crippen molar-refractivity contribution in [2.45, 2.75) is 19.3 Å². The van der Waals surface area contributed by atoms with Crippen molar-refractivity contribution < 1.29 is 4.39 Å². The van der Waals surface area contributed by atoms with Crippen molar-refractivity contribution in [3.63, 3.8) is 0 Å². The maximum atomic E-state index is 13.1. The Hall–Kier alpha value is -1.60. The average Bonchev–Trinajstić information content (AvgIpc) is 2.45. The van der Waals surface area contributed by atoms with Gasteiger partial charge >= 0.3 is 0 Å². The Morgan fingerprint density at radius 3 is 2.79 bits per heavy atom. The van der Waals surface area contributed by atoms with Gasteiger partial charge in [0, 0.05) is 13.1 Å². The molecule has 0 aliphatic carbocycles. The highest BCUT2D eigenvalue weighted by atomic mass is 19.1. The number of hydrogen-bond acceptors (Lipinski definition) is 3. The van der Waals surface area contributed by atoms with E-state index < -0.39 is 0 Å². The van der Waals surface area contributed by atoms with Crippen LogP contribution in [0.4, 0.5) is 10.1 Å². The molecule has 0 amide bonds. The highest BCUT2D eigenvalue weighted by Crippen LogP contribution is 2.27.